The zero-order valence-corrected chi connectivity index (χ0v) is 11.6. The lowest BCUT2D eigenvalue weighted by Crippen LogP contribution is -2.43. The Balaban J connectivity index is 2.43. The van der Waals surface area contributed by atoms with Gasteiger partial charge >= 0.3 is 0 Å². The number of aryl methyl sites for hydroxylation is 1. The van der Waals surface area contributed by atoms with Crippen molar-refractivity contribution in [1.82, 2.24) is 5.32 Å². The number of hydrogen-bond donors (Lipinski definition) is 1. The summed E-state index contributed by atoms with van der Waals surface area (Å²) in [5, 5.41) is 3.42. The summed E-state index contributed by atoms with van der Waals surface area (Å²) in [6, 6.07) is 6.43. The molecule has 1 aromatic carbocycles. The van der Waals surface area contributed by atoms with Gasteiger partial charge in [-0.15, -0.1) is 0 Å². The van der Waals surface area contributed by atoms with E-state index in [4.69, 9.17) is 9.47 Å². The fourth-order valence-corrected chi connectivity index (χ4v) is 2.91. The third-order valence-electron chi connectivity index (χ3n) is 3.91. The van der Waals surface area contributed by atoms with E-state index in [1.54, 1.807) is 14.2 Å². The molecule has 3 heteroatoms. The fraction of sp³-hybridized carbons (Fsp3) is 0.600. The Kier molecular flexibility index (Phi) is 4.25. The van der Waals surface area contributed by atoms with E-state index >= 15 is 0 Å². The molecule has 0 radical (unpaired) electrons. The summed E-state index contributed by atoms with van der Waals surface area (Å²) in [5.41, 5.74) is 2.67. The van der Waals surface area contributed by atoms with Crippen LogP contribution in [0, 0.1) is 6.92 Å². The number of rotatable bonds is 4. The summed E-state index contributed by atoms with van der Waals surface area (Å²) in [6.45, 7) is 4.97. The minimum Gasteiger partial charge on any atom is -0.496 e. The summed E-state index contributed by atoms with van der Waals surface area (Å²) in [7, 11) is 3.53. The predicted molar refractivity (Wildman–Crippen MR) is 73.4 cm³/mol. The molecule has 1 saturated heterocycles. The van der Waals surface area contributed by atoms with Gasteiger partial charge < -0.3 is 14.8 Å². The van der Waals surface area contributed by atoms with Crippen LogP contribution < -0.4 is 10.1 Å². The highest BCUT2D eigenvalue weighted by Gasteiger charge is 2.36. The zero-order chi connectivity index (χ0) is 13.0. The van der Waals surface area contributed by atoms with E-state index in [9.17, 15) is 0 Å². The van der Waals surface area contributed by atoms with Crippen molar-refractivity contribution < 1.29 is 9.47 Å². The highest BCUT2D eigenvalue weighted by Crippen LogP contribution is 2.39. The molecular weight excluding hydrogens is 226 g/mol. The molecule has 0 spiro atoms. The molecule has 100 valence electrons. The number of hydrogen-bond acceptors (Lipinski definition) is 3. The van der Waals surface area contributed by atoms with Crippen molar-refractivity contribution in [1.29, 1.82) is 0 Å². The third-order valence-corrected chi connectivity index (χ3v) is 3.91. The summed E-state index contributed by atoms with van der Waals surface area (Å²) in [5.74, 6) is 0.986. The van der Waals surface area contributed by atoms with Crippen molar-refractivity contribution in [3.05, 3.63) is 29.3 Å². The van der Waals surface area contributed by atoms with Gasteiger partial charge in [0.2, 0.25) is 0 Å². The van der Waals surface area contributed by atoms with Gasteiger partial charge in [-0.05, 0) is 38.9 Å². The third kappa shape index (κ3) is 2.52. The summed E-state index contributed by atoms with van der Waals surface area (Å²) in [4.78, 5) is 0. The molecular formula is C15H23NO2. The van der Waals surface area contributed by atoms with Gasteiger partial charge in [-0.2, -0.15) is 0 Å². The second kappa shape index (κ2) is 5.72. The molecule has 0 atom stereocenters. The molecule has 1 N–H and O–H groups in total. The average molecular weight is 249 g/mol. The first-order valence-corrected chi connectivity index (χ1v) is 6.57. The van der Waals surface area contributed by atoms with E-state index in [1.165, 1.54) is 11.1 Å². The minimum atomic E-state index is 0.0946. The maximum Gasteiger partial charge on any atom is 0.122 e. The Bertz CT molecular complexity index is 392. The van der Waals surface area contributed by atoms with Crippen molar-refractivity contribution in [2.24, 2.45) is 0 Å². The first-order chi connectivity index (χ1) is 8.72. The SMILES string of the molecule is COCC1(c2cc(C)ccc2OC)CCNCC1. The number of methoxy groups -OCH3 is 2. The first-order valence-electron chi connectivity index (χ1n) is 6.57. The van der Waals surface area contributed by atoms with Crippen LogP contribution in [-0.2, 0) is 10.2 Å². The molecule has 0 bridgehead atoms. The molecule has 18 heavy (non-hydrogen) atoms. The average Bonchev–Trinajstić information content (AvgIpc) is 2.40. The summed E-state index contributed by atoms with van der Waals surface area (Å²) in [6.07, 6.45) is 2.20. The van der Waals surface area contributed by atoms with E-state index in [0.717, 1.165) is 38.3 Å². The number of piperidine rings is 1. The molecule has 1 aliphatic rings. The maximum atomic E-state index is 5.55. The van der Waals surface area contributed by atoms with Crippen molar-refractivity contribution in [3.63, 3.8) is 0 Å². The number of nitrogens with one attached hydrogen (secondary N) is 1. The van der Waals surface area contributed by atoms with Crippen LogP contribution in [-0.4, -0.2) is 33.9 Å². The Morgan fingerprint density at radius 3 is 2.56 bits per heavy atom. The largest absolute Gasteiger partial charge is 0.496 e. The van der Waals surface area contributed by atoms with Gasteiger partial charge in [0, 0.05) is 18.1 Å². The number of benzene rings is 1. The van der Waals surface area contributed by atoms with E-state index in [1.807, 2.05) is 0 Å². The van der Waals surface area contributed by atoms with E-state index < -0.39 is 0 Å². The van der Waals surface area contributed by atoms with E-state index in [0.29, 0.717) is 0 Å². The lowest BCUT2D eigenvalue weighted by atomic mass is 9.73. The fourth-order valence-electron chi connectivity index (χ4n) is 2.91. The first kappa shape index (κ1) is 13.4. The lowest BCUT2D eigenvalue weighted by Gasteiger charge is -2.38. The van der Waals surface area contributed by atoms with Gasteiger partial charge in [0.25, 0.3) is 0 Å². The summed E-state index contributed by atoms with van der Waals surface area (Å²) < 4.78 is 11.0. The maximum absolute atomic E-state index is 5.55. The highest BCUT2D eigenvalue weighted by atomic mass is 16.5. The standard InChI is InChI=1S/C15H23NO2/c1-12-4-5-14(18-3)13(10-12)15(11-17-2)6-8-16-9-7-15/h4-5,10,16H,6-9,11H2,1-3H3. The van der Waals surface area contributed by atoms with Crippen molar-refractivity contribution in [2.45, 2.75) is 25.2 Å². The van der Waals surface area contributed by atoms with Crippen LogP contribution >= 0.6 is 0 Å². The predicted octanol–water partition coefficient (Wildman–Crippen LogP) is 2.27. The van der Waals surface area contributed by atoms with Crippen LogP contribution in [0.2, 0.25) is 0 Å². The molecule has 0 saturated carbocycles. The molecule has 0 unspecified atom stereocenters. The Labute approximate surface area is 109 Å². The molecule has 0 aliphatic carbocycles. The Hall–Kier alpha value is -1.06. The lowest BCUT2D eigenvalue weighted by molar-refractivity contribution is 0.106. The molecule has 1 fully saturated rings. The second-order valence-corrected chi connectivity index (χ2v) is 5.17. The normalized spacial score (nSPS) is 18.6. The van der Waals surface area contributed by atoms with Crippen LogP contribution in [0.15, 0.2) is 18.2 Å². The van der Waals surface area contributed by atoms with Crippen LogP contribution in [0.25, 0.3) is 0 Å². The van der Waals surface area contributed by atoms with E-state index in [-0.39, 0.29) is 5.41 Å². The minimum absolute atomic E-state index is 0.0946. The number of ether oxygens (including phenoxy) is 2. The topological polar surface area (TPSA) is 30.5 Å². The second-order valence-electron chi connectivity index (χ2n) is 5.17. The van der Waals surface area contributed by atoms with Crippen molar-refractivity contribution in [3.8, 4) is 5.75 Å². The van der Waals surface area contributed by atoms with Crippen molar-refractivity contribution >= 4 is 0 Å². The van der Waals surface area contributed by atoms with Gasteiger partial charge in [-0.25, -0.2) is 0 Å². The van der Waals surface area contributed by atoms with Crippen molar-refractivity contribution in [2.75, 3.05) is 33.9 Å². The van der Waals surface area contributed by atoms with Gasteiger partial charge in [0.05, 0.1) is 13.7 Å². The smallest absolute Gasteiger partial charge is 0.122 e. The van der Waals surface area contributed by atoms with E-state index in [2.05, 4.69) is 30.4 Å². The monoisotopic (exact) mass is 249 g/mol. The molecule has 2 rings (SSSR count). The van der Waals surface area contributed by atoms with Crippen LogP contribution in [0.5, 0.6) is 5.75 Å². The molecule has 1 aromatic rings. The van der Waals surface area contributed by atoms with Crippen LogP contribution in [0.3, 0.4) is 0 Å². The van der Waals surface area contributed by atoms with Crippen LogP contribution in [0.4, 0.5) is 0 Å². The van der Waals surface area contributed by atoms with Crippen LogP contribution in [0.1, 0.15) is 24.0 Å². The zero-order valence-electron chi connectivity index (χ0n) is 11.6. The molecule has 0 amide bonds. The Morgan fingerprint density at radius 1 is 1.22 bits per heavy atom. The van der Waals surface area contributed by atoms with Gasteiger partial charge in [0.15, 0.2) is 0 Å². The molecule has 1 heterocycles. The molecule has 3 nitrogen and oxygen atoms in total. The molecule has 0 aromatic heterocycles. The molecule has 1 aliphatic heterocycles. The summed E-state index contributed by atoms with van der Waals surface area (Å²) >= 11 is 0. The quantitative estimate of drug-likeness (QED) is 0.888. The van der Waals surface area contributed by atoms with Gasteiger partial charge in [0.1, 0.15) is 5.75 Å². The highest BCUT2D eigenvalue weighted by molar-refractivity contribution is 5.43. The van der Waals surface area contributed by atoms with Gasteiger partial charge in [-0.3, -0.25) is 0 Å². The Morgan fingerprint density at radius 2 is 1.94 bits per heavy atom. The van der Waals surface area contributed by atoms with Gasteiger partial charge in [-0.1, -0.05) is 17.7 Å².